The zero-order chi connectivity index (χ0) is 14.8. The van der Waals surface area contributed by atoms with Crippen molar-refractivity contribution in [2.45, 2.75) is 6.42 Å². The van der Waals surface area contributed by atoms with Gasteiger partial charge in [-0.3, -0.25) is 4.98 Å². The molecule has 2 N–H and O–H groups in total. The molecule has 3 rings (SSSR count). The first-order valence-corrected chi connectivity index (χ1v) is 6.80. The zero-order valence-corrected chi connectivity index (χ0v) is 11.8. The third kappa shape index (κ3) is 2.58. The molecule has 3 aromatic rings. The van der Waals surface area contributed by atoms with Gasteiger partial charge in [-0.2, -0.15) is 0 Å². The number of hydrogen-bond donors (Lipinski definition) is 1. The van der Waals surface area contributed by atoms with Crippen molar-refractivity contribution in [2.75, 3.05) is 5.73 Å². The van der Waals surface area contributed by atoms with E-state index in [1.165, 1.54) is 0 Å². The molecule has 0 radical (unpaired) electrons. The quantitative estimate of drug-likeness (QED) is 0.595. The topological polar surface area (TPSA) is 68.9 Å². The number of aromatic nitrogens is 2. The summed E-state index contributed by atoms with van der Waals surface area (Å²) in [6.07, 6.45) is 2.77. The molecular formula is C16H12ClN3O. The second-order valence-electron chi connectivity index (χ2n) is 4.65. The first-order valence-electron chi connectivity index (χ1n) is 6.42. The van der Waals surface area contributed by atoms with Gasteiger partial charge in [0.05, 0.1) is 5.52 Å². The number of rotatable bonds is 3. The normalized spacial score (nSPS) is 10.7. The molecule has 4 nitrogen and oxygen atoms in total. The van der Waals surface area contributed by atoms with Gasteiger partial charge in [-0.25, -0.2) is 4.98 Å². The van der Waals surface area contributed by atoms with Crippen LogP contribution in [-0.2, 0) is 11.2 Å². The highest BCUT2D eigenvalue weighted by Gasteiger charge is 2.10. The maximum atomic E-state index is 10.7. The monoisotopic (exact) mass is 297 g/mol. The van der Waals surface area contributed by atoms with Crippen LogP contribution in [0.5, 0.6) is 0 Å². The number of pyridine rings is 2. The Hall–Kier alpha value is -2.46. The highest BCUT2D eigenvalue weighted by atomic mass is 35.5. The number of anilines is 1. The summed E-state index contributed by atoms with van der Waals surface area (Å²) in [5.74, 6) is 0.290. The number of carbonyl (C=O) groups excluding carboxylic acids is 1. The van der Waals surface area contributed by atoms with Crippen LogP contribution < -0.4 is 5.73 Å². The van der Waals surface area contributed by atoms with Gasteiger partial charge in [0.1, 0.15) is 17.3 Å². The number of nitrogens with zero attached hydrogens (tertiary/aromatic N) is 2. The Kier molecular flexibility index (Phi) is 3.54. The number of fused-ring (bicyclic) bond motifs is 1. The maximum Gasteiger partial charge on any atom is 0.139 e. The first kappa shape index (κ1) is 13.5. The Morgan fingerprint density at radius 1 is 1.24 bits per heavy atom. The van der Waals surface area contributed by atoms with E-state index in [1.807, 2.05) is 36.4 Å². The molecule has 21 heavy (non-hydrogen) atoms. The Labute approximate surface area is 126 Å². The maximum absolute atomic E-state index is 10.7. The molecule has 5 heteroatoms. The Balaban J connectivity index is 2.17. The van der Waals surface area contributed by atoms with Gasteiger partial charge in [0, 0.05) is 29.1 Å². The van der Waals surface area contributed by atoms with Gasteiger partial charge in [0.2, 0.25) is 0 Å². The Morgan fingerprint density at radius 2 is 2.10 bits per heavy atom. The summed E-state index contributed by atoms with van der Waals surface area (Å²) >= 11 is 6.19. The molecule has 0 amide bonds. The smallest absolute Gasteiger partial charge is 0.139 e. The number of hydrogen-bond acceptors (Lipinski definition) is 4. The zero-order valence-electron chi connectivity index (χ0n) is 11.1. The first-order chi connectivity index (χ1) is 10.2. The molecular weight excluding hydrogens is 286 g/mol. The summed E-state index contributed by atoms with van der Waals surface area (Å²) < 4.78 is 0. The number of halogens is 1. The van der Waals surface area contributed by atoms with Crippen LogP contribution in [0.25, 0.3) is 22.0 Å². The van der Waals surface area contributed by atoms with Gasteiger partial charge in [-0.1, -0.05) is 23.7 Å². The minimum absolute atomic E-state index is 0.220. The average molecular weight is 298 g/mol. The highest BCUT2D eigenvalue weighted by molar-refractivity contribution is 6.32. The SMILES string of the molecule is Nc1nc(Cl)c(-c2ccc3ncccc3c2)cc1CC=O. The number of nitrogen functional groups attached to an aromatic ring is 1. The van der Waals surface area contributed by atoms with Crippen LogP contribution in [0.1, 0.15) is 5.56 Å². The van der Waals surface area contributed by atoms with Crippen molar-refractivity contribution in [2.24, 2.45) is 0 Å². The second kappa shape index (κ2) is 5.50. The summed E-state index contributed by atoms with van der Waals surface area (Å²) in [6.45, 7) is 0. The largest absolute Gasteiger partial charge is 0.383 e. The molecule has 104 valence electrons. The molecule has 0 aliphatic carbocycles. The van der Waals surface area contributed by atoms with Crippen LogP contribution in [0.4, 0.5) is 5.82 Å². The van der Waals surface area contributed by atoms with E-state index in [9.17, 15) is 4.79 Å². The molecule has 0 saturated carbocycles. The van der Waals surface area contributed by atoms with Crippen LogP contribution in [0, 0.1) is 0 Å². The number of aldehydes is 1. The summed E-state index contributed by atoms with van der Waals surface area (Å²) in [5, 5.41) is 1.34. The van der Waals surface area contributed by atoms with Crippen LogP contribution in [0.15, 0.2) is 42.6 Å². The van der Waals surface area contributed by atoms with Crippen LogP contribution >= 0.6 is 11.6 Å². The minimum Gasteiger partial charge on any atom is -0.383 e. The van der Waals surface area contributed by atoms with Crippen molar-refractivity contribution in [1.82, 2.24) is 9.97 Å². The predicted molar refractivity (Wildman–Crippen MR) is 84.2 cm³/mol. The molecule has 0 bridgehead atoms. The van der Waals surface area contributed by atoms with E-state index in [1.54, 1.807) is 6.20 Å². The van der Waals surface area contributed by atoms with Gasteiger partial charge in [0.15, 0.2) is 0 Å². The van der Waals surface area contributed by atoms with E-state index in [4.69, 9.17) is 17.3 Å². The lowest BCUT2D eigenvalue weighted by Crippen LogP contribution is -2.00. The molecule has 0 fully saturated rings. The molecule has 2 aromatic heterocycles. The molecule has 0 aliphatic heterocycles. The van der Waals surface area contributed by atoms with Crippen LogP contribution in [-0.4, -0.2) is 16.3 Å². The lowest BCUT2D eigenvalue weighted by Gasteiger charge is -2.09. The predicted octanol–water partition coefficient (Wildman–Crippen LogP) is 3.27. The van der Waals surface area contributed by atoms with E-state index in [0.29, 0.717) is 16.5 Å². The second-order valence-corrected chi connectivity index (χ2v) is 5.01. The highest BCUT2D eigenvalue weighted by Crippen LogP contribution is 2.31. The Bertz CT molecular complexity index is 833. The van der Waals surface area contributed by atoms with Crippen molar-refractivity contribution in [3.8, 4) is 11.1 Å². The van der Waals surface area contributed by atoms with Crippen molar-refractivity contribution < 1.29 is 4.79 Å². The molecule has 0 unspecified atom stereocenters. The van der Waals surface area contributed by atoms with Gasteiger partial charge < -0.3 is 10.5 Å². The molecule has 1 aromatic carbocycles. The molecule has 0 spiro atoms. The summed E-state index contributed by atoms with van der Waals surface area (Å²) in [5.41, 5.74) is 9.04. The van der Waals surface area contributed by atoms with Gasteiger partial charge in [-0.05, 0) is 29.8 Å². The van der Waals surface area contributed by atoms with Crippen molar-refractivity contribution in [3.05, 3.63) is 53.3 Å². The minimum atomic E-state index is 0.220. The van der Waals surface area contributed by atoms with Crippen molar-refractivity contribution >= 4 is 34.6 Å². The lowest BCUT2D eigenvalue weighted by atomic mass is 10.0. The number of nitrogens with two attached hydrogens (primary N) is 1. The van der Waals surface area contributed by atoms with E-state index in [0.717, 1.165) is 28.3 Å². The third-order valence-electron chi connectivity index (χ3n) is 3.31. The number of benzene rings is 1. The fourth-order valence-corrected chi connectivity index (χ4v) is 2.50. The van der Waals surface area contributed by atoms with E-state index >= 15 is 0 Å². The standard InChI is InChI=1S/C16H12ClN3O/c17-15-13(9-12(5-7-21)16(18)20-15)10-3-4-14-11(8-10)2-1-6-19-14/h1-4,6-9H,5H2,(H2,18,20). The van der Waals surface area contributed by atoms with Crippen LogP contribution in [0.2, 0.25) is 5.15 Å². The van der Waals surface area contributed by atoms with E-state index in [-0.39, 0.29) is 6.42 Å². The van der Waals surface area contributed by atoms with Crippen molar-refractivity contribution in [3.63, 3.8) is 0 Å². The molecule has 2 heterocycles. The van der Waals surface area contributed by atoms with Gasteiger partial charge in [-0.15, -0.1) is 0 Å². The summed E-state index contributed by atoms with van der Waals surface area (Å²) in [4.78, 5) is 19.1. The van der Waals surface area contributed by atoms with E-state index in [2.05, 4.69) is 9.97 Å². The summed E-state index contributed by atoms with van der Waals surface area (Å²) in [7, 11) is 0. The Morgan fingerprint density at radius 3 is 2.90 bits per heavy atom. The molecule has 0 aliphatic rings. The van der Waals surface area contributed by atoms with Crippen molar-refractivity contribution in [1.29, 1.82) is 0 Å². The van der Waals surface area contributed by atoms with Gasteiger partial charge >= 0.3 is 0 Å². The van der Waals surface area contributed by atoms with Crippen LogP contribution in [0.3, 0.4) is 0 Å². The fraction of sp³-hybridized carbons (Fsp3) is 0.0625. The third-order valence-corrected chi connectivity index (χ3v) is 3.59. The average Bonchev–Trinajstić information content (AvgIpc) is 2.49. The van der Waals surface area contributed by atoms with Gasteiger partial charge in [0.25, 0.3) is 0 Å². The molecule has 0 saturated heterocycles. The fourth-order valence-electron chi connectivity index (χ4n) is 2.24. The van der Waals surface area contributed by atoms with E-state index < -0.39 is 0 Å². The summed E-state index contributed by atoms with van der Waals surface area (Å²) in [6, 6.07) is 11.5. The molecule has 0 atom stereocenters. The lowest BCUT2D eigenvalue weighted by molar-refractivity contribution is -0.107. The number of carbonyl (C=O) groups is 1.